The number of ketones is 1. The third kappa shape index (κ3) is 4.35. The van der Waals surface area contributed by atoms with E-state index in [4.69, 9.17) is 25.5 Å². The third-order valence-corrected chi connectivity index (χ3v) is 7.68. The van der Waals surface area contributed by atoms with Crippen molar-refractivity contribution < 1.29 is 23.5 Å². The summed E-state index contributed by atoms with van der Waals surface area (Å²) in [5, 5.41) is 0.934. The average Bonchev–Trinajstić information content (AvgIpc) is 3.41. The van der Waals surface area contributed by atoms with Gasteiger partial charge in [-0.15, -0.1) is 0 Å². The van der Waals surface area contributed by atoms with Crippen LogP contribution in [0.2, 0.25) is 5.02 Å². The monoisotopic (exact) mass is 552 g/mol. The lowest BCUT2D eigenvalue weighted by atomic mass is 9.98. The van der Waals surface area contributed by atoms with Crippen LogP contribution in [0.15, 0.2) is 45.6 Å². The molecule has 4 aromatic rings. The lowest BCUT2D eigenvalue weighted by Gasteiger charge is -2.23. The first-order valence-corrected chi connectivity index (χ1v) is 13.4. The van der Waals surface area contributed by atoms with Gasteiger partial charge in [0.2, 0.25) is 5.76 Å². The van der Waals surface area contributed by atoms with E-state index in [1.165, 1.54) is 17.9 Å². The number of ether oxygens (including phenoxy) is 2. The Balaban J connectivity index is 1.76. The van der Waals surface area contributed by atoms with E-state index < -0.39 is 11.9 Å². The van der Waals surface area contributed by atoms with Crippen LogP contribution >= 0.6 is 22.9 Å². The summed E-state index contributed by atoms with van der Waals surface area (Å²) in [7, 11) is 0. The van der Waals surface area contributed by atoms with Gasteiger partial charge in [-0.25, -0.2) is 4.98 Å². The molecule has 5 rings (SSSR count). The number of nitrogens with zero attached hydrogens (tertiary/aromatic N) is 2. The zero-order chi connectivity index (χ0) is 27.1. The van der Waals surface area contributed by atoms with Crippen LogP contribution in [0.25, 0.3) is 11.0 Å². The Bertz CT molecular complexity index is 1640. The summed E-state index contributed by atoms with van der Waals surface area (Å²) in [5.41, 5.74) is 1.18. The maximum absolute atomic E-state index is 13.9. The molecule has 1 unspecified atom stereocenters. The van der Waals surface area contributed by atoms with E-state index in [-0.39, 0.29) is 33.5 Å². The standard InChI is InChI=1S/C28H25ClN2O6S/c1-5-11-36-20-9-7-16(12-21(20)35-6-2)23-22-24(33)18-13-17(29)8-10-19(18)37-25(22)27(34)31(23)28-30-14(3)26(38-28)15(4)32/h7-10,12-13,23H,5-6,11H2,1-4H3. The maximum Gasteiger partial charge on any atom is 0.297 e. The quantitative estimate of drug-likeness (QED) is 0.235. The molecule has 3 heterocycles. The van der Waals surface area contributed by atoms with Gasteiger partial charge in [0.15, 0.2) is 27.8 Å². The Morgan fingerprint density at radius 1 is 1.13 bits per heavy atom. The van der Waals surface area contributed by atoms with Crippen molar-refractivity contribution in [2.45, 2.75) is 40.2 Å². The summed E-state index contributed by atoms with van der Waals surface area (Å²) < 4.78 is 17.7. The molecule has 0 fully saturated rings. The second-order valence-corrected chi connectivity index (χ2v) is 10.3. The summed E-state index contributed by atoms with van der Waals surface area (Å²) in [5.74, 6) is 0.308. The van der Waals surface area contributed by atoms with Gasteiger partial charge in [-0.1, -0.05) is 35.9 Å². The van der Waals surface area contributed by atoms with Crippen molar-refractivity contribution in [2.75, 3.05) is 18.1 Å². The number of amides is 1. The third-order valence-electron chi connectivity index (χ3n) is 6.19. The molecule has 196 valence electrons. The first-order valence-electron chi connectivity index (χ1n) is 12.2. The molecule has 1 atom stereocenters. The molecule has 0 spiro atoms. The van der Waals surface area contributed by atoms with E-state index in [9.17, 15) is 14.4 Å². The Hall–Kier alpha value is -3.69. The van der Waals surface area contributed by atoms with Crippen molar-refractivity contribution in [3.8, 4) is 11.5 Å². The van der Waals surface area contributed by atoms with E-state index in [2.05, 4.69) is 4.98 Å². The fraction of sp³-hybridized carbons (Fsp3) is 0.286. The van der Waals surface area contributed by atoms with Crippen LogP contribution in [0, 0.1) is 6.92 Å². The van der Waals surface area contributed by atoms with Crippen molar-refractivity contribution in [3.63, 3.8) is 0 Å². The second kappa shape index (κ2) is 10.2. The average molecular weight is 553 g/mol. The Morgan fingerprint density at radius 2 is 1.92 bits per heavy atom. The zero-order valence-corrected chi connectivity index (χ0v) is 22.9. The number of Topliss-reactive ketones (excluding diaryl/α,β-unsaturated/α-hetero) is 1. The Labute approximate surface area is 227 Å². The second-order valence-electron chi connectivity index (χ2n) is 8.85. The summed E-state index contributed by atoms with van der Waals surface area (Å²) in [4.78, 5) is 46.3. The van der Waals surface area contributed by atoms with Crippen LogP contribution in [-0.4, -0.2) is 29.9 Å². The largest absolute Gasteiger partial charge is 0.490 e. The number of fused-ring (bicyclic) bond motifs is 2. The van der Waals surface area contributed by atoms with E-state index in [0.29, 0.717) is 51.0 Å². The fourth-order valence-corrected chi connectivity index (χ4v) is 5.72. The molecule has 0 saturated heterocycles. The van der Waals surface area contributed by atoms with Crippen LogP contribution in [0.4, 0.5) is 5.13 Å². The molecule has 0 aliphatic carbocycles. The number of aryl methyl sites for hydroxylation is 1. The van der Waals surface area contributed by atoms with E-state index >= 15 is 0 Å². The van der Waals surface area contributed by atoms with Crippen LogP contribution in [0.5, 0.6) is 11.5 Å². The molecule has 0 saturated carbocycles. The highest BCUT2D eigenvalue weighted by molar-refractivity contribution is 7.17. The van der Waals surface area contributed by atoms with E-state index in [0.717, 1.165) is 17.8 Å². The molecule has 2 aromatic heterocycles. The zero-order valence-electron chi connectivity index (χ0n) is 21.3. The van der Waals surface area contributed by atoms with Crippen molar-refractivity contribution in [2.24, 2.45) is 0 Å². The number of carbonyl (C=O) groups excluding carboxylic acids is 2. The first-order chi connectivity index (χ1) is 18.2. The topological polar surface area (TPSA) is 98.9 Å². The lowest BCUT2D eigenvalue weighted by Crippen LogP contribution is -2.29. The molecule has 1 aliphatic heterocycles. The first kappa shape index (κ1) is 25.9. The predicted octanol–water partition coefficient (Wildman–Crippen LogP) is 6.35. The fourth-order valence-electron chi connectivity index (χ4n) is 4.56. The summed E-state index contributed by atoms with van der Waals surface area (Å²) in [6.45, 7) is 7.95. The van der Waals surface area contributed by atoms with Gasteiger partial charge in [-0.3, -0.25) is 19.3 Å². The number of anilines is 1. The Kier molecular flexibility index (Phi) is 6.98. The van der Waals surface area contributed by atoms with Gasteiger partial charge >= 0.3 is 0 Å². The van der Waals surface area contributed by atoms with Crippen molar-refractivity contribution in [3.05, 3.63) is 79.1 Å². The number of hydrogen-bond acceptors (Lipinski definition) is 8. The minimum atomic E-state index is -0.873. The molecule has 2 aromatic carbocycles. The van der Waals surface area contributed by atoms with Gasteiger partial charge in [-0.2, -0.15) is 0 Å². The molecule has 8 nitrogen and oxygen atoms in total. The summed E-state index contributed by atoms with van der Waals surface area (Å²) in [6, 6.07) is 9.15. The van der Waals surface area contributed by atoms with Crippen LogP contribution in [0.3, 0.4) is 0 Å². The van der Waals surface area contributed by atoms with Crippen molar-refractivity contribution in [1.29, 1.82) is 0 Å². The molecule has 0 radical (unpaired) electrons. The number of hydrogen-bond donors (Lipinski definition) is 0. The summed E-state index contributed by atoms with van der Waals surface area (Å²) in [6.07, 6.45) is 0.824. The molecule has 0 bridgehead atoms. The lowest BCUT2D eigenvalue weighted by molar-refractivity contribution is 0.0969. The minimum Gasteiger partial charge on any atom is -0.490 e. The van der Waals surface area contributed by atoms with Gasteiger partial charge in [0.1, 0.15) is 5.58 Å². The normalized spacial score (nSPS) is 14.7. The highest BCUT2D eigenvalue weighted by atomic mass is 35.5. The van der Waals surface area contributed by atoms with E-state index in [1.54, 1.807) is 37.3 Å². The van der Waals surface area contributed by atoms with Gasteiger partial charge in [0.05, 0.1) is 40.8 Å². The van der Waals surface area contributed by atoms with Crippen LogP contribution < -0.4 is 19.8 Å². The highest BCUT2D eigenvalue weighted by Gasteiger charge is 2.45. The predicted molar refractivity (Wildman–Crippen MR) is 146 cm³/mol. The van der Waals surface area contributed by atoms with Gasteiger partial charge in [0, 0.05) is 11.9 Å². The number of thiazole rings is 1. The van der Waals surface area contributed by atoms with Gasteiger partial charge in [0.25, 0.3) is 5.91 Å². The molecule has 1 aliphatic rings. The summed E-state index contributed by atoms with van der Waals surface area (Å²) >= 11 is 7.29. The number of aromatic nitrogens is 1. The molecular formula is C28H25ClN2O6S. The maximum atomic E-state index is 13.9. The van der Waals surface area contributed by atoms with Crippen LogP contribution in [-0.2, 0) is 0 Å². The number of halogens is 1. The number of benzene rings is 2. The molecule has 1 amide bonds. The van der Waals surface area contributed by atoms with Crippen molar-refractivity contribution in [1.82, 2.24) is 4.98 Å². The van der Waals surface area contributed by atoms with E-state index in [1.807, 2.05) is 13.8 Å². The molecule has 0 N–H and O–H groups in total. The smallest absolute Gasteiger partial charge is 0.297 e. The Morgan fingerprint density at radius 3 is 2.61 bits per heavy atom. The van der Waals surface area contributed by atoms with Gasteiger partial charge < -0.3 is 13.9 Å². The number of rotatable bonds is 8. The molecule has 10 heteroatoms. The molecule has 38 heavy (non-hydrogen) atoms. The highest BCUT2D eigenvalue weighted by Crippen LogP contribution is 2.45. The SMILES string of the molecule is CCCOc1ccc(C2c3c(oc4ccc(Cl)cc4c3=O)C(=O)N2c2nc(C)c(C(C)=O)s2)cc1OCC. The van der Waals surface area contributed by atoms with Gasteiger partial charge in [-0.05, 0) is 56.2 Å². The number of carbonyl (C=O) groups is 2. The molecular weight excluding hydrogens is 528 g/mol. The van der Waals surface area contributed by atoms with Crippen LogP contribution in [0.1, 0.15) is 70.3 Å². The minimum absolute atomic E-state index is 0.0729. The van der Waals surface area contributed by atoms with Crippen molar-refractivity contribution >= 4 is 50.7 Å².